The normalized spacial score (nSPS) is 17.2. The van der Waals surface area contributed by atoms with Crippen LogP contribution in [0.15, 0.2) is 75.9 Å². The zero-order valence-corrected chi connectivity index (χ0v) is 18.7. The molecule has 2 aromatic carbocycles. The lowest BCUT2D eigenvalue weighted by molar-refractivity contribution is -0.136. The van der Waals surface area contributed by atoms with Gasteiger partial charge in [0.25, 0.3) is 0 Å². The second-order valence-electron chi connectivity index (χ2n) is 7.58. The number of methoxy groups -OCH3 is 1. The monoisotopic (exact) mass is 465 g/mol. The molecule has 32 heavy (non-hydrogen) atoms. The molecule has 0 fully saturated rings. The summed E-state index contributed by atoms with van der Waals surface area (Å²) < 4.78 is 11.2. The number of halogens is 2. The maximum absolute atomic E-state index is 13.4. The lowest BCUT2D eigenvalue weighted by Gasteiger charge is -2.27. The molecule has 2 aliphatic rings. The Hall–Kier alpha value is -3.28. The van der Waals surface area contributed by atoms with Gasteiger partial charge in [0.1, 0.15) is 11.5 Å². The second-order valence-corrected chi connectivity index (χ2v) is 8.42. The number of rotatable bonds is 3. The van der Waals surface area contributed by atoms with Crippen molar-refractivity contribution in [1.29, 1.82) is 0 Å². The summed E-state index contributed by atoms with van der Waals surface area (Å²) in [6.07, 6.45) is 0. The molecule has 160 valence electrons. The minimum atomic E-state index is -0.724. The number of esters is 1. The third-order valence-corrected chi connectivity index (χ3v) is 6.31. The molecule has 1 unspecified atom stereocenters. The summed E-state index contributed by atoms with van der Waals surface area (Å²) in [5.74, 6) is -0.450. The Morgan fingerprint density at radius 3 is 2.50 bits per heavy atom. The molecule has 1 aliphatic heterocycles. The molecule has 0 amide bonds. The number of fused-ring (bicyclic) bond motifs is 2. The average molecular weight is 466 g/mol. The van der Waals surface area contributed by atoms with Gasteiger partial charge in [-0.3, -0.25) is 4.79 Å². The van der Waals surface area contributed by atoms with Gasteiger partial charge in [0, 0.05) is 33.0 Å². The largest absolute Gasteiger partial charge is 0.466 e. The van der Waals surface area contributed by atoms with Crippen LogP contribution in [-0.4, -0.2) is 18.9 Å². The molecule has 5 rings (SSSR count). The summed E-state index contributed by atoms with van der Waals surface area (Å²) >= 11 is 12.4. The fraction of sp³-hybridized carbons (Fsp3) is 0.120. The molecule has 1 aliphatic carbocycles. The van der Waals surface area contributed by atoms with Crippen LogP contribution in [0.2, 0.25) is 10.0 Å². The maximum Gasteiger partial charge on any atom is 0.336 e. The van der Waals surface area contributed by atoms with Crippen molar-refractivity contribution >= 4 is 40.7 Å². The van der Waals surface area contributed by atoms with Gasteiger partial charge in [0.05, 0.1) is 29.3 Å². The van der Waals surface area contributed by atoms with Crippen LogP contribution < -0.4 is 5.32 Å². The van der Waals surface area contributed by atoms with Gasteiger partial charge >= 0.3 is 5.97 Å². The summed E-state index contributed by atoms with van der Waals surface area (Å²) in [7, 11) is 1.32. The van der Waals surface area contributed by atoms with Crippen molar-refractivity contribution in [2.75, 3.05) is 7.11 Å². The number of ketones is 1. The SMILES string of the molecule is COC(=O)C1=C(C)NC2=C(C(=O)c3ccccc32)C1c1ccc(-c2ccc(Cl)cc2Cl)o1. The van der Waals surface area contributed by atoms with Crippen molar-refractivity contribution in [2.45, 2.75) is 12.8 Å². The summed E-state index contributed by atoms with van der Waals surface area (Å²) in [5.41, 5.74) is 4.12. The Bertz CT molecular complexity index is 1370. The Morgan fingerprint density at radius 1 is 1.03 bits per heavy atom. The highest BCUT2D eigenvalue weighted by molar-refractivity contribution is 6.36. The number of carbonyl (C=O) groups excluding carboxylic acids is 2. The molecule has 1 atom stereocenters. The first-order chi connectivity index (χ1) is 15.4. The molecule has 7 heteroatoms. The molecule has 1 aromatic heterocycles. The fourth-order valence-corrected chi connectivity index (χ4v) is 4.84. The Morgan fingerprint density at radius 2 is 1.78 bits per heavy atom. The molecule has 0 saturated heterocycles. The summed E-state index contributed by atoms with van der Waals surface area (Å²) in [6, 6.07) is 16.0. The van der Waals surface area contributed by atoms with Gasteiger partial charge in [0.2, 0.25) is 0 Å². The zero-order valence-electron chi connectivity index (χ0n) is 17.2. The number of dihydropyridines is 1. The lowest BCUT2D eigenvalue weighted by Crippen LogP contribution is -2.28. The molecule has 3 aromatic rings. The van der Waals surface area contributed by atoms with E-state index in [1.165, 1.54) is 7.11 Å². The van der Waals surface area contributed by atoms with E-state index in [0.717, 1.165) is 5.56 Å². The Kier molecular flexibility index (Phi) is 4.96. The molecule has 5 nitrogen and oxygen atoms in total. The number of allylic oxidation sites excluding steroid dienone is 2. The highest BCUT2D eigenvalue weighted by atomic mass is 35.5. The molecule has 0 bridgehead atoms. The Labute approximate surface area is 194 Å². The number of hydrogen-bond donors (Lipinski definition) is 1. The van der Waals surface area contributed by atoms with E-state index in [-0.39, 0.29) is 5.78 Å². The van der Waals surface area contributed by atoms with Gasteiger partial charge in [-0.25, -0.2) is 4.79 Å². The highest BCUT2D eigenvalue weighted by Gasteiger charge is 2.44. The minimum Gasteiger partial charge on any atom is -0.466 e. The highest BCUT2D eigenvalue weighted by Crippen LogP contribution is 2.47. The number of ether oxygens (including phenoxy) is 1. The van der Waals surface area contributed by atoms with Gasteiger partial charge in [0.15, 0.2) is 5.78 Å². The van der Waals surface area contributed by atoms with Crippen LogP contribution in [0.5, 0.6) is 0 Å². The number of Topliss-reactive ketones (excluding diaryl/α,β-unsaturated/α-hetero) is 1. The van der Waals surface area contributed by atoms with Crippen LogP contribution in [-0.2, 0) is 9.53 Å². The van der Waals surface area contributed by atoms with Crippen molar-refractivity contribution in [2.24, 2.45) is 0 Å². The lowest BCUT2D eigenvalue weighted by atomic mass is 9.83. The number of benzene rings is 2. The van der Waals surface area contributed by atoms with E-state index >= 15 is 0 Å². The van der Waals surface area contributed by atoms with E-state index in [1.54, 1.807) is 43.3 Å². The van der Waals surface area contributed by atoms with Crippen LogP contribution >= 0.6 is 23.2 Å². The van der Waals surface area contributed by atoms with Gasteiger partial charge < -0.3 is 14.5 Å². The van der Waals surface area contributed by atoms with Crippen LogP contribution in [0, 0.1) is 0 Å². The number of carbonyl (C=O) groups is 2. The smallest absolute Gasteiger partial charge is 0.336 e. The summed E-state index contributed by atoms with van der Waals surface area (Å²) in [6.45, 7) is 1.79. The summed E-state index contributed by atoms with van der Waals surface area (Å²) in [4.78, 5) is 26.2. The fourth-order valence-electron chi connectivity index (χ4n) is 4.34. The van der Waals surface area contributed by atoms with Gasteiger partial charge in [-0.1, -0.05) is 47.5 Å². The Balaban J connectivity index is 1.68. The standard InChI is InChI=1S/C25H17Cl2NO4/c1-12-20(25(30)31-2)21(22-23(28-12)14-5-3-4-6-15(14)24(22)29)19-10-9-18(32-19)16-8-7-13(26)11-17(16)27/h3-11,21,28H,1-2H3. The molecule has 0 saturated carbocycles. The number of hydrogen-bond acceptors (Lipinski definition) is 5. The third-order valence-electron chi connectivity index (χ3n) is 5.76. The topological polar surface area (TPSA) is 68.5 Å². The molecular formula is C25H17Cl2NO4. The van der Waals surface area contributed by atoms with Crippen molar-refractivity contribution < 1.29 is 18.7 Å². The minimum absolute atomic E-state index is 0.149. The van der Waals surface area contributed by atoms with Crippen molar-refractivity contribution in [3.05, 3.63) is 98.4 Å². The average Bonchev–Trinajstić information content (AvgIpc) is 3.36. The summed E-state index contributed by atoms with van der Waals surface area (Å²) in [5, 5.41) is 4.20. The molecule has 2 heterocycles. The first-order valence-corrected chi connectivity index (χ1v) is 10.7. The van der Waals surface area contributed by atoms with Gasteiger partial charge in [-0.05, 0) is 37.3 Å². The van der Waals surface area contributed by atoms with E-state index in [1.807, 2.05) is 18.2 Å². The third kappa shape index (κ3) is 3.08. The predicted octanol–water partition coefficient (Wildman–Crippen LogP) is 5.99. The van der Waals surface area contributed by atoms with E-state index < -0.39 is 11.9 Å². The van der Waals surface area contributed by atoms with E-state index in [4.69, 9.17) is 32.4 Å². The van der Waals surface area contributed by atoms with Crippen LogP contribution in [0.1, 0.15) is 34.5 Å². The van der Waals surface area contributed by atoms with Crippen LogP contribution in [0.3, 0.4) is 0 Å². The quantitative estimate of drug-likeness (QED) is 0.480. The molecule has 1 N–H and O–H groups in total. The van der Waals surface area contributed by atoms with E-state index in [0.29, 0.717) is 55.2 Å². The van der Waals surface area contributed by atoms with E-state index in [2.05, 4.69) is 5.32 Å². The van der Waals surface area contributed by atoms with E-state index in [9.17, 15) is 9.59 Å². The second kappa shape index (κ2) is 7.69. The molecular weight excluding hydrogens is 449 g/mol. The van der Waals surface area contributed by atoms with Gasteiger partial charge in [-0.2, -0.15) is 0 Å². The molecule has 0 spiro atoms. The van der Waals surface area contributed by atoms with Gasteiger partial charge in [-0.15, -0.1) is 0 Å². The molecule has 0 radical (unpaired) electrons. The van der Waals surface area contributed by atoms with Crippen LogP contribution in [0.25, 0.3) is 17.0 Å². The van der Waals surface area contributed by atoms with Crippen molar-refractivity contribution in [3.63, 3.8) is 0 Å². The van der Waals surface area contributed by atoms with Crippen molar-refractivity contribution in [1.82, 2.24) is 5.32 Å². The number of furan rings is 1. The first kappa shape index (κ1) is 20.6. The van der Waals surface area contributed by atoms with Crippen LogP contribution in [0.4, 0.5) is 0 Å². The zero-order chi connectivity index (χ0) is 22.6. The first-order valence-electron chi connectivity index (χ1n) is 9.90. The maximum atomic E-state index is 13.4. The predicted molar refractivity (Wildman–Crippen MR) is 122 cm³/mol. The number of nitrogens with one attached hydrogen (secondary N) is 1. The van der Waals surface area contributed by atoms with Crippen molar-refractivity contribution in [3.8, 4) is 11.3 Å².